The Hall–Kier alpha value is -2.87. The molecule has 0 aliphatic carbocycles. The first-order valence-corrected chi connectivity index (χ1v) is 7.59. The van der Waals surface area contributed by atoms with Gasteiger partial charge in [0.15, 0.2) is 5.82 Å². The van der Waals surface area contributed by atoms with Crippen molar-refractivity contribution >= 4 is 22.7 Å². The molecule has 0 saturated carbocycles. The monoisotopic (exact) mass is 327 g/mol. The fraction of sp³-hybridized carbons (Fsp3) is 0.133. The van der Waals surface area contributed by atoms with Gasteiger partial charge in [-0.2, -0.15) is 0 Å². The molecule has 2 heterocycles. The van der Waals surface area contributed by atoms with Gasteiger partial charge in [0.1, 0.15) is 5.69 Å². The van der Waals surface area contributed by atoms with Crippen LogP contribution >= 0.6 is 11.3 Å². The fourth-order valence-electron chi connectivity index (χ4n) is 2.23. The first-order chi connectivity index (χ1) is 11.0. The van der Waals surface area contributed by atoms with Crippen molar-refractivity contribution in [1.82, 2.24) is 15.0 Å². The van der Waals surface area contributed by atoms with Crippen molar-refractivity contribution in [2.75, 3.05) is 5.73 Å². The number of nitrogens with two attached hydrogens (primary N) is 1. The molecule has 0 fully saturated rings. The minimum atomic E-state index is -0.515. The van der Waals surface area contributed by atoms with Crippen LogP contribution in [0, 0.1) is 24.0 Å². The molecule has 23 heavy (non-hydrogen) atoms. The first kappa shape index (κ1) is 15.0. The predicted molar refractivity (Wildman–Crippen MR) is 89.1 cm³/mol. The molecule has 0 spiro atoms. The lowest BCUT2D eigenvalue weighted by Gasteiger charge is -2.04. The molecule has 3 rings (SSSR count). The number of nitrogen functional groups attached to an aromatic ring is 1. The molecule has 0 saturated heterocycles. The Morgan fingerprint density at radius 2 is 2.00 bits per heavy atom. The van der Waals surface area contributed by atoms with E-state index in [1.807, 2.05) is 13.8 Å². The fourth-order valence-corrected chi connectivity index (χ4v) is 3.12. The van der Waals surface area contributed by atoms with Crippen molar-refractivity contribution in [1.29, 1.82) is 0 Å². The third-order valence-electron chi connectivity index (χ3n) is 3.28. The molecule has 116 valence electrons. The van der Waals surface area contributed by atoms with Crippen LogP contribution in [0.25, 0.3) is 22.0 Å². The molecule has 3 aromatic rings. The van der Waals surface area contributed by atoms with E-state index in [-0.39, 0.29) is 11.4 Å². The number of benzene rings is 1. The van der Waals surface area contributed by atoms with E-state index in [9.17, 15) is 10.1 Å². The summed E-state index contributed by atoms with van der Waals surface area (Å²) in [6.45, 7) is 3.86. The predicted octanol–water partition coefficient (Wildman–Crippen LogP) is 3.37. The summed E-state index contributed by atoms with van der Waals surface area (Å²) in [4.78, 5) is 24.6. The van der Waals surface area contributed by atoms with Crippen molar-refractivity contribution < 1.29 is 4.92 Å². The number of rotatable bonds is 3. The summed E-state index contributed by atoms with van der Waals surface area (Å²) >= 11 is 1.55. The number of nitrogens with zero attached hydrogens (tertiary/aromatic N) is 4. The Kier molecular flexibility index (Phi) is 3.75. The van der Waals surface area contributed by atoms with Gasteiger partial charge in [0, 0.05) is 17.8 Å². The zero-order valence-electron chi connectivity index (χ0n) is 12.5. The van der Waals surface area contributed by atoms with Gasteiger partial charge >= 0.3 is 0 Å². The molecule has 0 radical (unpaired) electrons. The van der Waals surface area contributed by atoms with Crippen molar-refractivity contribution in [2.24, 2.45) is 0 Å². The second-order valence-electron chi connectivity index (χ2n) is 4.94. The lowest BCUT2D eigenvalue weighted by Crippen LogP contribution is -1.97. The Labute approximate surface area is 136 Å². The zero-order chi connectivity index (χ0) is 16.6. The Balaban J connectivity index is 2.08. The largest absolute Gasteiger partial charge is 0.393 e. The molecule has 0 amide bonds. The standard InChI is InChI=1S/C15H13N5O2S/c1-8-14(23-9(2)18-8)12-5-6-17-15(19-12)10-3-4-11(16)13(7-10)20(21)22/h3-7H,16H2,1-2H3. The smallest absolute Gasteiger partial charge is 0.292 e. The molecule has 2 N–H and O–H groups in total. The van der Waals surface area contributed by atoms with E-state index >= 15 is 0 Å². The van der Waals surface area contributed by atoms with Crippen molar-refractivity contribution in [3.63, 3.8) is 0 Å². The third kappa shape index (κ3) is 2.88. The molecular weight excluding hydrogens is 314 g/mol. The summed E-state index contributed by atoms with van der Waals surface area (Å²) in [6.07, 6.45) is 1.63. The topological polar surface area (TPSA) is 108 Å². The van der Waals surface area contributed by atoms with Crippen LogP contribution in [0.1, 0.15) is 10.7 Å². The van der Waals surface area contributed by atoms with Gasteiger partial charge in [-0.05, 0) is 32.0 Å². The van der Waals surface area contributed by atoms with E-state index in [2.05, 4.69) is 15.0 Å². The summed E-state index contributed by atoms with van der Waals surface area (Å²) < 4.78 is 0. The van der Waals surface area contributed by atoms with Crippen LogP contribution in [0.4, 0.5) is 11.4 Å². The van der Waals surface area contributed by atoms with Gasteiger partial charge in [-0.1, -0.05) is 0 Å². The average Bonchev–Trinajstić information content (AvgIpc) is 2.86. The van der Waals surface area contributed by atoms with E-state index in [4.69, 9.17) is 5.73 Å². The zero-order valence-corrected chi connectivity index (χ0v) is 13.3. The number of nitro benzene ring substituents is 1. The number of nitro groups is 1. The maximum atomic E-state index is 11.0. The van der Waals surface area contributed by atoms with Gasteiger partial charge in [-0.3, -0.25) is 10.1 Å². The maximum Gasteiger partial charge on any atom is 0.292 e. The maximum absolute atomic E-state index is 11.0. The van der Waals surface area contributed by atoms with Crippen molar-refractivity contribution in [3.05, 3.63) is 51.3 Å². The molecule has 0 aliphatic heterocycles. The Morgan fingerprint density at radius 1 is 1.22 bits per heavy atom. The minimum Gasteiger partial charge on any atom is -0.393 e. The highest BCUT2D eigenvalue weighted by atomic mass is 32.1. The SMILES string of the molecule is Cc1nc(C)c(-c2ccnc(-c3ccc(N)c([N+](=O)[O-])c3)n2)s1. The minimum absolute atomic E-state index is 0.115. The van der Waals surface area contributed by atoms with Crippen LogP contribution in [0.3, 0.4) is 0 Å². The van der Waals surface area contributed by atoms with E-state index in [0.717, 1.165) is 21.3 Å². The van der Waals surface area contributed by atoms with E-state index in [1.165, 1.54) is 12.1 Å². The number of aromatic nitrogens is 3. The van der Waals surface area contributed by atoms with Gasteiger partial charge in [0.2, 0.25) is 0 Å². The van der Waals surface area contributed by atoms with Crippen LogP contribution in [0.5, 0.6) is 0 Å². The van der Waals surface area contributed by atoms with Crippen molar-refractivity contribution in [3.8, 4) is 22.0 Å². The molecule has 0 bridgehead atoms. The van der Waals surface area contributed by atoms with Gasteiger partial charge in [0.05, 0.1) is 26.2 Å². The molecule has 1 aromatic carbocycles. The highest BCUT2D eigenvalue weighted by Crippen LogP contribution is 2.31. The van der Waals surface area contributed by atoms with E-state index in [0.29, 0.717) is 11.4 Å². The average molecular weight is 327 g/mol. The number of anilines is 1. The van der Waals surface area contributed by atoms with Gasteiger partial charge in [0.25, 0.3) is 5.69 Å². The summed E-state index contributed by atoms with van der Waals surface area (Å²) in [5.74, 6) is 0.413. The first-order valence-electron chi connectivity index (χ1n) is 6.77. The number of hydrogen-bond acceptors (Lipinski definition) is 7. The normalized spacial score (nSPS) is 10.7. The highest BCUT2D eigenvalue weighted by molar-refractivity contribution is 7.15. The molecule has 0 aliphatic rings. The van der Waals surface area contributed by atoms with Crippen LogP contribution in [0.15, 0.2) is 30.5 Å². The molecule has 0 unspecified atom stereocenters. The second kappa shape index (κ2) is 5.73. The van der Waals surface area contributed by atoms with E-state index in [1.54, 1.807) is 29.7 Å². The number of hydrogen-bond donors (Lipinski definition) is 1. The quantitative estimate of drug-likeness (QED) is 0.449. The summed E-state index contributed by atoms with van der Waals surface area (Å²) in [6, 6.07) is 6.35. The molecular formula is C15H13N5O2S. The lowest BCUT2D eigenvalue weighted by atomic mass is 10.1. The molecule has 2 aromatic heterocycles. The summed E-state index contributed by atoms with van der Waals surface area (Å²) in [5.41, 5.74) is 7.78. The van der Waals surface area contributed by atoms with Crippen LogP contribution < -0.4 is 5.73 Å². The highest BCUT2D eigenvalue weighted by Gasteiger charge is 2.15. The molecule has 7 nitrogen and oxygen atoms in total. The van der Waals surface area contributed by atoms with Gasteiger partial charge < -0.3 is 5.73 Å². The lowest BCUT2D eigenvalue weighted by molar-refractivity contribution is -0.383. The van der Waals surface area contributed by atoms with Gasteiger partial charge in [-0.15, -0.1) is 11.3 Å². The second-order valence-corrected chi connectivity index (χ2v) is 6.15. The molecule has 0 atom stereocenters. The van der Waals surface area contributed by atoms with Crippen LogP contribution in [-0.4, -0.2) is 19.9 Å². The van der Waals surface area contributed by atoms with Crippen LogP contribution in [-0.2, 0) is 0 Å². The van der Waals surface area contributed by atoms with Gasteiger partial charge in [-0.25, -0.2) is 15.0 Å². The van der Waals surface area contributed by atoms with E-state index < -0.39 is 4.92 Å². The number of thiazole rings is 1. The number of aryl methyl sites for hydroxylation is 2. The third-order valence-corrected chi connectivity index (χ3v) is 4.37. The van der Waals surface area contributed by atoms with Crippen LogP contribution in [0.2, 0.25) is 0 Å². The van der Waals surface area contributed by atoms with Crippen molar-refractivity contribution in [2.45, 2.75) is 13.8 Å². The molecule has 8 heteroatoms. The summed E-state index contributed by atoms with van der Waals surface area (Å²) in [7, 11) is 0. The summed E-state index contributed by atoms with van der Waals surface area (Å²) in [5, 5.41) is 12.0. The Bertz CT molecular complexity index is 907. The Morgan fingerprint density at radius 3 is 2.65 bits per heavy atom.